The highest BCUT2D eigenvalue weighted by molar-refractivity contribution is 9.09. The molecule has 0 unspecified atom stereocenters. The number of hydrogen-bond acceptors (Lipinski definition) is 0. The Morgan fingerprint density at radius 1 is 1.22 bits per heavy atom. The second-order valence-corrected chi connectivity index (χ2v) is 2.19. The lowest BCUT2D eigenvalue weighted by molar-refractivity contribution is 1.28. The molecule has 9 heavy (non-hydrogen) atoms. The molecule has 0 heterocycles. The van der Waals surface area contributed by atoms with E-state index in [2.05, 4.69) is 39.6 Å². The highest BCUT2D eigenvalue weighted by atomic mass is 79.9. The van der Waals surface area contributed by atoms with E-state index in [-0.39, 0.29) is 0 Å². The molecule has 0 aromatic carbocycles. The Hall–Kier alpha value is -0.400. The average molecular weight is 185 g/mol. The minimum Gasteiger partial charge on any atom is -0.0918 e. The monoisotopic (exact) mass is 184 g/mol. The lowest BCUT2D eigenvalue weighted by Crippen LogP contribution is -1.64. The van der Waals surface area contributed by atoms with Crippen LogP contribution in [0.1, 0.15) is 19.8 Å². The Kier molecular flexibility index (Phi) is 7.26. The summed E-state index contributed by atoms with van der Waals surface area (Å²) in [6.07, 6.45) is 1.78. The van der Waals surface area contributed by atoms with Crippen LogP contribution in [0.15, 0.2) is 0 Å². The zero-order valence-electron chi connectivity index (χ0n) is 5.50. The molecule has 0 atom stereocenters. The maximum absolute atomic E-state index is 3.27. The van der Waals surface area contributed by atoms with Gasteiger partial charge in [0.1, 0.15) is 0 Å². The van der Waals surface area contributed by atoms with Gasteiger partial charge in [-0.3, -0.25) is 0 Å². The molecule has 0 rings (SSSR count). The average Bonchev–Trinajstić information content (AvgIpc) is 1.89. The van der Waals surface area contributed by atoms with Crippen LogP contribution in [0.5, 0.6) is 0 Å². The van der Waals surface area contributed by atoms with Crippen molar-refractivity contribution in [3.05, 3.63) is 0 Å². The third kappa shape index (κ3) is 7.60. The van der Waals surface area contributed by atoms with Gasteiger partial charge in [0.05, 0.1) is 0 Å². The number of halogens is 1. The van der Waals surface area contributed by atoms with E-state index < -0.39 is 0 Å². The molecule has 0 aromatic rings. The van der Waals surface area contributed by atoms with Crippen LogP contribution in [0.4, 0.5) is 0 Å². The second-order valence-electron chi connectivity index (χ2n) is 1.40. The quantitative estimate of drug-likeness (QED) is 0.434. The van der Waals surface area contributed by atoms with E-state index in [4.69, 9.17) is 0 Å². The molecule has 0 N–H and O–H groups in total. The lowest BCUT2D eigenvalue weighted by atomic mass is 10.4. The molecule has 0 radical (unpaired) electrons. The summed E-state index contributed by atoms with van der Waals surface area (Å²) in [5, 5.41) is 0.938. The lowest BCUT2D eigenvalue weighted by Gasteiger charge is -1.70. The minimum atomic E-state index is 0.887. The van der Waals surface area contributed by atoms with Crippen molar-refractivity contribution in [2.45, 2.75) is 19.8 Å². The van der Waals surface area contributed by atoms with Gasteiger partial charge in [0, 0.05) is 18.2 Å². The Bertz CT molecular complexity index is 160. The van der Waals surface area contributed by atoms with Crippen molar-refractivity contribution in [3.63, 3.8) is 0 Å². The van der Waals surface area contributed by atoms with Gasteiger partial charge in [-0.2, -0.15) is 0 Å². The topological polar surface area (TPSA) is 0 Å². The zero-order valence-corrected chi connectivity index (χ0v) is 7.09. The summed E-state index contributed by atoms with van der Waals surface area (Å²) in [7, 11) is 0. The summed E-state index contributed by atoms with van der Waals surface area (Å²) >= 11 is 3.27. The van der Waals surface area contributed by atoms with Crippen molar-refractivity contribution in [1.29, 1.82) is 0 Å². The number of hydrogen-bond donors (Lipinski definition) is 0. The third-order valence-electron chi connectivity index (χ3n) is 0.636. The summed E-state index contributed by atoms with van der Waals surface area (Å²) < 4.78 is 0. The summed E-state index contributed by atoms with van der Waals surface area (Å²) in [4.78, 5) is 0. The Morgan fingerprint density at radius 2 is 1.89 bits per heavy atom. The zero-order chi connectivity index (χ0) is 6.95. The molecule has 0 aromatic heterocycles. The molecular weight excluding hydrogens is 176 g/mol. The molecule has 1 heteroatoms. The van der Waals surface area contributed by atoms with Crippen LogP contribution in [-0.4, -0.2) is 5.33 Å². The van der Waals surface area contributed by atoms with E-state index >= 15 is 0 Å². The summed E-state index contributed by atoms with van der Waals surface area (Å²) in [5.41, 5.74) is 0. The molecule has 0 nitrogen and oxygen atoms in total. The molecule has 0 amide bonds. The first-order valence-electron chi connectivity index (χ1n) is 2.93. The highest BCUT2D eigenvalue weighted by Gasteiger charge is 1.67. The Labute approximate surface area is 65.2 Å². The maximum atomic E-state index is 3.27. The molecule has 0 aliphatic heterocycles. The molecule has 0 spiro atoms. The van der Waals surface area contributed by atoms with Crippen LogP contribution in [-0.2, 0) is 0 Å². The standard InChI is InChI=1S/C8H9Br/c1-2-3-4-5-6-7-8-9/h2,7-8H2,1H3. The fourth-order valence-corrected chi connectivity index (χ4v) is 0.485. The van der Waals surface area contributed by atoms with Crippen LogP contribution < -0.4 is 0 Å². The molecule has 0 saturated heterocycles. The van der Waals surface area contributed by atoms with Gasteiger partial charge in [-0.25, -0.2) is 0 Å². The highest BCUT2D eigenvalue weighted by Crippen LogP contribution is 1.82. The van der Waals surface area contributed by atoms with E-state index in [9.17, 15) is 0 Å². The van der Waals surface area contributed by atoms with Crippen molar-refractivity contribution in [2.75, 3.05) is 5.33 Å². The molecule has 0 aliphatic carbocycles. The van der Waals surface area contributed by atoms with E-state index in [1.807, 2.05) is 6.92 Å². The molecule has 0 fully saturated rings. The van der Waals surface area contributed by atoms with Gasteiger partial charge in [0.15, 0.2) is 0 Å². The van der Waals surface area contributed by atoms with Gasteiger partial charge in [-0.15, -0.1) is 0 Å². The smallest absolute Gasteiger partial charge is 0.0196 e. The van der Waals surface area contributed by atoms with Crippen LogP contribution in [0.3, 0.4) is 0 Å². The van der Waals surface area contributed by atoms with Crippen LogP contribution in [0.25, 0.3) is 0 Å². The first kappa shape index (κ1) is 8.60. The molecule has 0 aliphatic rings. The van der Waals surface area contributed by atoms with Gasteiger partial charge in [-0.05, 0) is 11.8 Å². The first-order valence-corrected chi connectivity index (χ1v) is 4.05. The van der Waals surface area contributed by atoms with Crippen molar-refractivity contribution < 1.29 is 0 Å². The number of alkyl halides is 1. The SMILES string of the molecule is CCC#CC#CCCBr. The third-order valence-corrected chi connectivity index (χ3v) is 1.03. The van der Waals surface area contributed by atoms with Crippen molar-refractivity contribution in [1.82, 2.24) is 0 Å². The molecule has 0 saturated carbocycles. The summed E-state index contributed by atoms with van der Waals surface area (Å²) in [6, 6.07) is 0. The van der Waals surface area contributed by atoms with E-state index in [0.717, 1.165) is 18.2 Å². The van der Waals surface area contributed by atoms with Gasteiger partial charge >= 0.3 is 0 Å². The largest absolute Gasteiger partial charge is 0.0918 e. The first-order chi connectivity index (χ1) is 4.41. The van der Waals surface area contributed by atoms with Gasteiger partial charge < -0.3 is 0 Å². The second kappa shape index (κ2) is 7.60. The molecular formula is C8H9Br. The van der Waals surface area contributed by atoms with Crippen LogP contribution in [0, 0.1) is 23.7 Å². The Balaban J connectivity index is 3.36. The van der Waals surface area contributed by atoms with Crippen molar-refractivity contribution >= 4 is 15.9 Å². The van der Waals surface area contributed by atoms with Crippen LogP contribution >= 0.6 is 15.9 Å². The van der Waals surface area contributed by atoms with E-state index in [1.165, 1.54) is 0 Å². The Morgan fingerprint density at radius 3 is 2.44 bits per heavy atom. The normalized spacial score (nSPS) is 6.44. The van der Waals surface area contributed by atoms with Crippen molar-refractivity contribution in [2.24, 2.45) is 0 Å². The number of rotatable bonds is 1. The minimum absolute atomic E-state index is 0.887. The van der Waals surface area contributed by atoms with E-state index in [1.54, 1.807) is 0 Å². The maximum Gasteiger partial charge on any atom is 0.0196 e. The van der Waals surface area contributed by atoms with E-state index in [0.29, 0.717) is 0 Å². The fraction of sp³-hybridized carbons (Fsp3) is 0.500. The summed E-state index contributed by atoms with van der Waals surface area (Å²) in [6.45, 7) is 2.01. The molecule has 0 bridgehead atoms. The fourth-order valence-electron chi connectivity index (χ4n) is 0.287. The predicted molar refractivity (Wildman–Crippen MR) is 44.3 cm³/mol. The van der Waals surface area contributed by atoms with Gasteiger partial charge in [0.2, 0.25) is 0 Å². The van der Waals surface area contributed by atoms with Gasteiger partial charge in [-0.1, -0.05) is 34.7 Å². The summed E-state index contributed by atoms with van der Waals surface area (Å²) in [5.74, 6) is 11.3. The van der Waals surface area contributed by atoms with Gasteiger partial charge in [0.25, 0.3) is 0 Å². The van der Waals surface area contributed by atoms with Crippen molar-refractivity contribution in [3.8, 4) is 23.7 Å². The molecule has 48 valence electrons. The predicted octanol–water partition coefficient (Wildman–Crippen LogP) is 2.19. The van der Waals surface area contributed by atoms with Crippen LogP contribution in [0.2, 0.25) is 0 Å².